The Morgan fingerprint density at radius 1 is 1.32 bits per heavy atom. The molecule has 0 aliphatic carbocycles. The van der Waals surface area contributed by atoms with Crippen LogP contribution < -0.4 is 0 Å². The van der Waals surface area contributed by atoms with E-state index < -0.39 is 6.61 Å². The van der Waals surface area contributed by atoms with Gasteiger partial charge in [-0.05, 0) is 48.7 Å². The Labute approximate surface area is 146 Å². The molecule has 0 radical (unpaired) electrons. The molecule has 3 rings (SSSR count). The molecule has 6 heteroatoms. The maximum absolute atomic E-state index is 12.0. The van der Waals surface area contributed by atoms with E-state index in [-0.39, 0.29) is 6.61 Å². The highest BCUT2D eigenvalue weighted by Crippen LogP contribution is 2.27. The molecule has 1 aliphatic rings. The molecule has 0 unspecified atom stereocenters. The zero-order valence-electron chi connectivity index (χ0n) is 14.4. The second kappa shape index (κ2) is 8.56. The smallest absolute Gasteiger partial charge is 0.345 e. The Hall–Kier alpha value is -1.76. The van der Waals surface area contributed by atoms with E-state index in [2.05, 4.69) is 34.0 Å². The number of fused-ring (bicyclic) bond motifs is 1. The lowest BCUT2D eigenvalue weighted by Crippen LogP contribution is -2.26. The Morgan fingerprint density at radius 3 is 2.96 bits per heavy atom. The van der Waals surface area contributed by atoms with Crippen molar-refractivity contribution >= 4 is 16.5 Å². The van der Waals surface area contributed by atoms with E-state index >= 15 is 0 Å². The van der Waals surface area contributed by atoms with E-state index in [0.717, 1.165) is 31.5 Å². The number of halogens is 2. The van der Waals surface area contributed by atoms with Crippen LogP contribution in [0.25, 0.3) is 16.5 Å². The third-order valence-electron chi connectivity index (χ3n) is 4.58. The summed E-state index contributed by atoms with van der Waals surface area (Å²) in [6, 6.07) is 6.50. The van der Waals surface area contributed by atoms with Gasteiger partial charge < -0.3 is 19.4 Å². The van der Waals surface area contributed by atoms with Gasteiger partial charge in [-0.3, -0.25) is 0 Å². The lowest BCUT2D eigenvalue weighted by atomic mass is 9.99. The van der Waals surface area contributed by atoms with Crippen LogP contribution >= 0.6 is 0 Å². The van der Waals surface area contributed by atoms with Gasteiger partial charge in [-0.25, -0.2) is 0 Å². The van der Waals surface area contributed by atoms with Gasteiger partial charge in [-0.15, -0.1) is 0 Å². The van der Waals surface area contributed by atoms with Gasteiger partial charge in [0.2, 0.25) is 0 Å². The van der Waals surface area contributed by atoms with Crippen molar-refractivity contribution in [1.29, 1.82) is 0 Å². The summed E-state index contributed by atoms with van der Waals surface area (Å²) < 4.78 is 33.7. The van der Waals surface area contributed by atoms with Gasteiger partial charge >= 0.3 is 6.61 Å². The summed E-state index contributed by atoms with van der Waals surface area (Å²) in [7, 11) is 1.92. The molecule has 0 saturated carbocycles. The van der Waals surface area contributed by atoms with Crippen LogP contribution in [0.5, 0.6) is 0 Å². The molecule has 1 aromatic heterocycles. The molecule has 1 N–H and O–H groups in total. The van der Waals surface area contributed by atoms with Crippen molar-refractivity contribution in [2.45, 2.75) is 19.5 Å². The number of H-pyrrole nitrogens is 1. The van der Waals surface area contributed by atoms with Gasteiger partial charge in [0, 0.05) is 30.2 Å². The molecular weight excluding hydrogens is 326 g/mol. The lowest BCUT2D eigenvalue weighted by Gasteiger charge is -2.16. The molecule has 0 amide bonds. The first-order valence-corrected chi connectivity index (χ1v) is 8.59. The van der Waals surface area contributed by atoms with Crippen LogP contribution in [-0.4, -0.2) is 56.5 Å². The molecule has 2 aromatic rings. The van der Waals surface area contributed by atoms with Gasteiger partial charge in [0.25, 0.3) is 0 Å². The number of likely N-dealkylation sites (N-methyl/N-ethyl adjacent to an activating group) is 1. The maximum Gasteiger partial charge on any atom is 0.345 e. The molecule has 25 heavy (non-hydrogen) atoms. The summed E-state index contributed by atoms with van der Waals surface area (Å²) in [5.41, 5.74) is 4.94. The fraction of sp³-hybridized carbons (Fsp3) is 0.474. The van der Waals surface area contributed by atoms with Crippen molar-refractivity contribution in [3.8, 4) is 0 Å². The number of ether oxygens (including phenoxy) is 2. The number of rotatable bonds is 8. The highest BCUT2D eigenvalue weighted by Gasteiger charge is 2.11. The fourth-order valence-electron chi connectivity index (χ4n) is 3.09. The van der Waals surface area contributed by atoms with Crippen molar-refractivity contribution in [1.82, 2.24) is 9.88 Å². The molecule has 0 saturated heterocycles. The maximum atomic E-state index is 12.0. The number of hydrogen-bond acceptors (Lipinski definition) is 3. The minimum atomic E-state index is -2.69. The van der Waals surface area contributed by atoms with E-state index in [4.69, 9.17) is 4.74 Å². The Balaban J connectivity index is 1.64. The van der Waals surface area contributed by atoms with Gasteiger partial charge in [-0.2, -0.15) is 8.78 Å². The number of nitrogens with zero attached hydrogens (tertiary/aromatic N) is 1. The molecule has 1 aliphatic heterocycles. The first kappa shape index (κ1) is 18.0. The molecular formula is C19H24F2N2O2. The summed E-state index contributed by atoms with van der Waals surface area (Å²) in [6.07, 6.45) is 5.99. The van der Waals surface area contributed by atoms with Crippen LogP contribution in [0.4, 0.5) is 8.78 Å². The molecule has 4 nitrogen and oxygen atoms in total. The first-order chi connectivity index (χ1) is 12.1. The molecule has 0 atom stereocenters. The van der Waals surface area contributed by atoms with Crippen LogP contribution in [0.3, 0.4) is 0 Å². The molecule has 0 spiro atoms. The standard InChI is InChI=1S/C19H24F2N2O2/c1-23(8-11-25-19(20)21)7-4-16-13-22-18-3-2-15(12-17(16)18)14-5-9-24-10-6-14/h2-3,5,12-13,19,22H,4,6-11H2,1H3. The second-order valence-electron chi connectivity index (χ2n) is 6.31. The predicted molar refractivity (Wildman–Crippen MR) is 94.9 cm³/mol. The predicted octanol–water partition coefficient (Wildman–Crippen LogP) is 3.69. The summed E-state index contributed by atoms with van der Waals surface area (Å²) >= 11 is 0. The van der Waals surface area contributed by atoms with Crippen LogP contribution in [0.1, 0.15) is 17.5 Å². The number of benzene rings is 1. The van der Waals surface area contributed by atoms with Gasteiger partial charge in [-0.1, -0.05) is 12.1 Å². The summed E-state index contributed by atoms with van der Waals surface area (Å²) in [5, 5.41) is 1.22. The van der Waals surface area contributed by atoms with Gasteiger partial charge in [0.05, 0.1) is 19.8 Å². The topological polar surface area (TPSA) is 37.5 Å². The molecule has 0 fully saturated rings. The highest BCUT2D eigenvalue weighted by molar-refractivity contribution is 5.87. The van der Waals surface area contributed by atoms with Crippen LogP contribution in [0.2, 0.25) is 0 Å². The zero-order valence-corrected chi connectivity index (χ0v) is 14.4. The SMILES string of the molecule is CN(CCOC(F)F)CCc1c[nH]c2ccc(C3=CCOCC3)cc12. The zero-order chi connectivity index (χ0) is 17.6. The van der Waals surface area contributed by atoms with Gasteiger partial charge in [0.15, 0.2) is 0 Å². The highest BCUT2D eigenvalue weighted by atomic mass is 19.3. The van der Waals surface area contributed by atoms with Crippen molar-refractivity contribution < 1.29 is 18.3 Å². The van der Waals surface area contributed by atoms with Crippen molar-refractivity contribution in [3.63, 3.8) is 0 Å². The quantitative estimate of drug-likeness (QED) is 0.789. The molecule has 0 bridgehead atoms. The normalized spacial score (nSPS) is 15.3. The van der Waals surface area contributed by atoms with E-state index in [1.807, 2.05) is 18.1 Å². The monoisotopic (exact) mass is 350 g/mol. The average molecular weight is 350 g/mol. The van der Waals surface area contributed by atoms with Crippen molar-refractivity contribution in [3.05, 3.63) is 41.6 Å². The van der Waals surface area contributed by atoms with E-state index in [9.17, 15) is 8.78 Å². The Bertz CT molecular complexity index is 727. The van der Waals surface area contributed by atoms with Crippen LogP contribution in [0, 0.1) is 0 Å². The lowest BCUT2D eigenvalue weighted by molar-refractivity contribution is -0.131. The van der Waals surface area contributed by atoms with E-state index in [1.165, 1.54) is 22.1 Å². The number of aromatic nitrogens is 1. The van der Waals surface area contributed by atoms with Crippen LogP contribution in [0.15, 0.2) is 30.5 Å². The second-order valence-corrected chi connectivity index (χ2v) is 6.31. The first-order valence-electron chi connectivity index (χ1n) is 8.59. The largest absolute Gasteiger partial charge is 0.377 e. The Kier molecular flexibility index (Phi) is 6.18. The fourth-order valence-corrected chi connectivity index (χ4v) is 3.09. The van der Waals surface area contributed by atoms with Crippen LogP contribution in [-0.2, 0) is 15.9 Å². The number of nitrogens with one attached hydrogen (secondary N) is 1. The average Bonchev–Trinajstić information content (AvgIpc) is 3.02. The summed E-state index contributed by atoms with van der Waals surface area (Å²) in [4.78, 5) is 5.32. The minimum Gasteiger partial charge on any atom is -0.377 e. The number of hydrogen-bond donors (Lipinski definition) is 1. The minimum absolute atomic E-state index is 0.0441. The third-order valence-corrected chi connectivity index (χ3v) is 4.58. The number of aromatic amines is 1. The number of alkyl halides is 2. The third kappa shape index (κ3) is 4.87. The van der Waals surface area contributed by atoms with Crippen molar-refractivity contribution in [2.24, 2.45) is 0 Å². The molecule has 136 valence electrons. The molecule has 2 heterocycles. The van der Waals surface area contributed by atoms with Gasteiger partial charge in [0.1, 0.15) is 0 Å². The van der Waals surface area contributed by atoms with E-state index in [0.29, 0.717) is 13.2 Å². The van der Waals surface area contributed by atoms with E-state index in [1.54, 1.807) is 0 Å². The Morgan fingerprint density at radius 2 is 2.20 bits per heavy atom. The van der Waals surface area contributed by atoms with Crippen molar-refractivity contribution in [2.75, 3.05) is 40.0 Å². The summed E-state index contributed by atoms with van der Waals surface area (Å²) in [6.45, 7) is 0.0850. The molecule has 1 aromatic carbocycles. The summed E-state index contributed by atoms with van der Waals surface area (Å²) in [5.74, 6) is 0.